The van der Waals surface area contributed by atoms with Crippen LogP contribution in [0, 0.1) is 5.92 Å². The van der Waals surface area contributed by atoms with Crippen LogP contribution < -0.4 is 11.1 Å². The molecule has 2 atom stereocenters. The highest BCUT2D eigenvalue weighted by molar-refractivity contribution is 5.78. The van der Waals surface area contributed by atoms with Crippen molar-refractivity contribution in [1.82, 2.24) is 5.32 Å². The van der Waals surface area contributed by atoms with Gasteiger partial charge >= 0.3 is 0 Å². The lowest BCUT2D eigenvalue weighted by molar-refractivity contribution is -0.124. The van der Waals surface area contributed by atoms with Gasteiger partial charge in [-0.05, 0) is 51.9 Å². The van der Waals surface area contributed by atoms with E-state index in [1.165, 1.54) is 31.3 Å². The van der Waals surface area contributed by atoms with Gasteiger partial charge < -0.3 is 11.1 Å². The van der Waals surface area contributed by atoms with E-state index in [-0.39, 0.29) is 17.9 Å². The Bertz CT molecular complexity index is 297. The van der Waals surface area contributed by atoms with Crippen molar-refractivity contribution in [3.63, 3.8) is 0 Å². The number of carbonyl (C=O) groups excluding carboxylic acids is 1. The maximum absolute atomic E-state index is 11.9. The molecule has 0 aliphatic heterocycles. The average Bonchev–Trinajstić information content (AvgIpc) is 2.39. The Morgan fingerprint density at radius 2 is 2.16 bits per heavy atom. The molecule has 1 amide bonds. The Kier molecular flexibility index (Phi) is 7.80. The Labute approximate surface area is 118 Å². The molecule has 110 valence electrons. The fourth-order valence-corrected chi connectivity index (χ4v) is 2.53. The first-order valence-corrected chi connectivity index (χ1v) is 7.80. The fraction of sp³-hybridized carbons (Fsp3) is 0.812. The highest BCUT2D eigenvalue weighted by Crippen LogP contribution is 2.19. The third kappa shape index (κ3) is 7.36. The summed E-state index contributed by atoms with van der Waals surface area (Å²) in [5.41, 5.74) is 7.23. The predicted molar refractivity (Wildman–Crippen MR) is 80.8 cm³/mol. The zero-order chi connectivity index (χ0) is 14.1. The SMILES string of the molecule is CC(N)CCCC(C)C(=O)NCCC1=CCCCC1. The molecular formula is C16H30N2O. The summed E-state index contributed by atoms with van der Waals surface area (Å²) in [5.74, 6) is 0.306. The molecule has 0 bridgehead atoms. The van der Waals surface area contributed by atoms with Crippen LogP contribution in [0.15, 0.2) is 11.6 Å². The summed E-state index contributed by atoms with van der Waals surface area (Å²) in [7, 11) is 0. The lowest BCUT2D eigenvalue weighted by Gasteiger charge is -2.15. The maximum atomic E-state index is 11.9. The number of nitrogens with one attached hydrogen (secondary N) is 1. The Hall–Kier alpha value is -0.830. The molecule has 1 aliphatic carbocycles. The zero-order valence-electron chi connectivity index (χ0n) is 12.6. The normalized spacial score (nSPS) is 18.6. The molecular weight excluding hydrogens is 236 g/mol. The van der Waals surface area contributed by atoms with E-state index in [0.29, 0.717) is 0 Å². The summed E-state index contributed by atoms with van der Waals surface area (Å²) >= 11 is 0. The van der Waals surface area contributed by atoms with Gasteiger partial charge in [-0.25, -0.2) is 0 Å². The van der Waals surface area contributed by atoms with Crippen molar-refractivity contribution >= 4 is 5.91 Å². The predicted octanol–water partition coefficient (Wildman–Crippen LogP) is 3.15. The largest absolute Gasteiger partial charge is 0.356 e. The number of rotatable bonds is 8. The van der Waals surface area contributed by atoms with Crippen LogP contribution >= 0.6 is 0 Å². The standard InChI is InChI=1S/C16H30N2O/c1-13(7-6-8-14(2)17)16(19)18-12-11-15-9-4-3-5-10-15/h9,13-14H,3-8,10-12,17H2,1-2H3,(H,18,19). The lowest BCUT2D eigenvalue weighted by Crippen LogP contribution is -2.30. The maximum Gasteiger partial charge on any atom is 0.222 e. The van der Waals surface area contributed by atoms with Crippen molar-refractivity contribution in [3.05, 3.63) is 11.6 Å². The zero-order valence-corrected chi connectivity index (χ0v) is 12.6. The molecule has 3 N–H and O–H groups in total. The van der Waals surface area contributed by atoms with Gasteiger partial charge in [0.1, 0.15) is 0 Å². The van der Waals surface area contributed by atoms with Crippen molar-refractivity contribution in [2.24, 2.45) is 11.7 Å². The van der Waals surface area contributed by atoms with Crippen LogP contribution in [0.2, 0.25) is 0 Å². The molecule has 0 saturated heterocycles. The van der Waals surface area contributed by atoms with E-state index in [1.54, 1.807) is 0 Å². The second-order valence-corrected chi connectivity index (χ2v) is 5.96. The highest BCUT2D eigenvalue weighted by atomic mass is 16.1. The van der Waals surface area contributed by atoms with Crippen LogP contribution in [0.3, 0.4) is 0 Å². The molecule has 0 saturated carbocycles. The average molecular weight is 266 g/mol. The second kappa shape index (κ2) is 9.13. The van der Waals surface area contributed by atoms with E-state index in [9.17, 15) is 4.79 Å². The first kappa shape index (κ1) is 16.2. The van der Waals surface area contributed by atoms with Crippen molar-refractivity contribution < 1.29 is 4.79 Å². The van der Waals surface area contributed by atoms with Crippen molar-refractivity contribution in [2.75, 3.05) is 6.54 Å². The van der Waals surface area contributed by atoms with Gasteiger partial charge in [-0.3, -0.25) is 4.79 Å². The van der Waals surface area contributed by atoms with E-state index < -0.39 is 0 Å². The summed E-state index contributed by atoms with van der Waals surface area (Å²) in [6, 6.07) is 0.244. The molecule has 0 fully saturated rings. The number of amides is 1. The van der Waals surface area contributed by atoms with Gasteiger partial charge in [0.05, 0.1) is 0 Å². The number of nitrogens with two attached hydrogens (primary N) is 1. The summed E-state index contributed by atoms with van der Waals surface area (Å²) in [5, 5.41) is 3.06. The molecule has 3 heteroatoms. The van der Waals surface area contributed by atoms with Gasteiger partial charge in [0.25, 0.3) is 0 Å². The topological polar surface area (TPSA) is 55.1 Å². The third-order valence-electron chi connectivity index (χ3n) is 3.87. The Balaban J connectivity index is 2.10. The Morgan fingerprint density at radius 3 is 2.79 bits per heavy atom. The summed E-state index contributed by atoms with van der Waals surface area (Å²) in [6.45, 7) is 4.82. The van der Waals surface area contributed by atoms with Crippen LogP contribution in [0.1, 0.15) is 65.2 Å². The van der Waals surface area contributed by atoms with Gasteiger partial charge in [0.15, 0.2) is 0 Å². The van der Waals surface area contributed by atoms with Gasteiger partial charge in [0, 0.05) is 18.5 Å². The fourth-order valence-electron chi connectivity index (χ4n) is 2.53. The van der Waals surface area contributed by atoms with Gasteiger partial charge in [-0.1, -0.05) is 25.0 Å². The first-order valence-electron chi connectivity index (χ1n) is 7.80. The molecule has 1 aliphatic rings. The minimum Gasteiger partial charge on any atom is -0.356 e. The van der Waals surface area contributed by atoms with Crippen LogP contribution in [0.5, 0.6) is 0 Å². The number of allylic oxidation sites excluding steroid dienone is 1. The number of hydrogen-bond acceptors (Lipinski definition) is 2. The van der Waals surface area contributed by atoms with E-state index in [1.807, 2.05) is 13.8 Å². The smallest absolute Gasteiger partial charge is 0.222 e. The lowest BCUT2D eigenvalue weighted by atomic mass is 9.97. The van der Waals surface area contributed by atoms with E-state index in [2.05, 4.69) is 11.4 Å². The Morgan fingerprint density at radius 1 is 1.37 bits per heavy atom. The minimum atomic E-state index is 0.110. The van der Waals surface area contributed by atoms with E-state index >= 15 is 0 Å². The second-order valence-electron chi connectivity index (χ2n) is 5.96. The van der Waals surface area contributed by atoms with Gasteiger partial charge in [-0.2, -0.15) is 0 Å². The quantitative estimate of drug-likeness (QED) is 0.663. The summed E-state index contributed by atoms with van der Waals surface area (Å²) < 4.78 is 0. The molecule has 2 unspecified atom stereocenters. The van der Waals surface area contributed by atoms with Crippen molar-refractivity contribution in [2.45, 2.75) is 71.3 Å². The van der Waals surface area contributed by atoms with Crippen LogP contribution in [-0.2, 0) is 4.79 Å². The summed E-state index contributed by atoms with van der Waals surface area (Å²) in [4.78, 5) is 11.9. The molecule has 0 aromatic rings. The van der Waals surface area contributed by atoms with E-state index in [0.717, 1.165) is 32.2 Å². The molecule has 0 heterocycles. The molecule has 19 heavy (non-hydrogen) atoms. The number of hydrogen-bond donors (Lipinski definition) is 2. The van der Waals surface area contributed by atoms with Crippen LogP contribution in [-0.4, -0.2) is 18.5 Å². The molecule has 0 radical (unpaired) electrons. The third-order valence-corrected chi connectivity index (χ3v) is 3.87. The van der Waals surface area contributed by atoms with Crippen molar-refractivity contribution in [1.29, 1.82) is 0 Å². The number of carbonyl (C=O) groups is 1. The minimum absolute atomic E-state index is 0.110. The van der Waals surface area contributed by atoms with Crippen molar-refractivity contribution in [3.8, 4) is 0 Å². The van der Waals surface area contributed by atoms with Crippen LogP contribution in [0.25, 0.3) is 0 Å². The molecule has 3 nitrogen and oxygen atoms in total. The van der Waals surface area contributed by atoms with Gasteiger partial charge in [0.2, 0.25) is 5.91 Å². The first-order chi connectivity index (χ1) is 9.09. The van der Waals surface area contributed by atoms with Gasteiger partial charge in [-0.15, -0.1) is 0 Å². The highest BCUT2D eigenvalue weighted by Gasteiger charge is 2.12. The molecule has 0 aromatic carbocycles. The monoisotopic (exact) mass is 266 g/mol. The molecule has 0 aromatic heterocycles. The van der Waals surface area contributed by atoms with Crippen LogP contribution in [0.4, 0.5) is 0 Å². The van der Waals surface area contributed by atoms with E-state index in [4.69, 9.17) is 5.73 Å². The molecule has 0 spiro atoms. The summed E-state index contributed by atoms with van der Waals surface area (Å²) in [6.07, 6.45) is 11.4. The molecule has 1 rings (SSSR count).